The summed E-state index contributed by atoms with van der Waals surface area (Å²) in [6, 6.07) is 0. The highest BCUT2D eigenvalue weighted by molar-refractivity contribution is 5.85. The van der Waals surface area contributed by atoms with E-state index in [2.05, 4.69) is 5.32 Å². The van der Waals surface area contributed by atoms with Crippen molar-refractivity contribution < 1.29 is 19.4 Å². The fraction of sp³-hybridized carbons (Fsp3) is 0.750. The molecule has 2 aliphatic rings. The molecule has 1 saturated heterocycles. The van der Waals surface area contributed by atoms with E-state index in [4.69, 9.17) is 9.84 Å². The highest BCUT2D eigenvalue weighted by Gasteiger charge is 2.55. The van der Waals surface area contributed by atoms with Gasteiger partial charge in [-0.3, -0.25) is 0 Å². The second-order valence-electron chi connectivity index (χ2n) is 3.57. The first-order valence-electron chi connectivity index (χ1n) is 4.35. The van der Waals surface area contributed by atoms with Crippen LogP contribution in [0.3, 0.4) is 0 Å². The van der Waals surface area contributed by atoms with Crippen molar-refractivity contribution in [3.05, 3.63) is 0 Å². The van der Waals surface area contributed by atoms with Gasteiger partial charge in [0, 0.05) is 5.92 Å². The van der Waals surface area contributed by atoms with E-state index in [-0.39, 0.29) is 12.5 Å². The second-order valence-corrected chi connectivity index (χ2v) is 3.57. The number of nitrogens with one attached hydrogen (secondary N) is 1. The quantitative estimate of drug-likeness (QED) is 0.650. The predicted molar refractivity (Wildman–Crippen MR) is 42.2 cm³/mol. The van der Waals surface area contributed by atoms with E-state index >= 15 is 0 Å². The third-order valence-electron chi connectivity index (χ3n) is 2.90. The Kier molecular flexibility index (Phi) is 1.68. The number of amides is 1. The van der Waals surface area contributed by atoms with Gasteiger partial charge in [0.2, 0.25) is 5.60 Å². The number of aliphatic carboxylic acids is 1. The van der Waals surface area contributed by atoms with E-state index < -0.39 is 17.7 Å². The third-order valence-corrected chi connectivity index (χ3v) is 2.90. The van der Waals surface area contributed by atoms with Crippen LogP contribution in [0.15, 0.2) is 0 Å². The van der Waals surface area contributed by atoms with Gasteiger partial charge in [-0.15, -0.1) is 0 Å². The van der Waals surface area contributed by atoms with E-state index in [1.165, 1.54) is 0 Å². The molecule has 5 nitrogen and oxygen atoms in total. The first-order valence-corrected chi connectivity index (χ1v) is 4.35. The molecule has 2 fully saturated rings. The Hall–Kier alpha value is -1.26. The Morgan fingerprint density at radius 1 is 1.62 bits per heavy atom. The summed E-state index contributed by atoms with van der Waals surface area (Å²) in [5, 5.41) is 11.4. The van der Waals surface area contributed by atoms with Crippen molar-refractivity contribution in [3.8, 4) is 0 Å². The number of carboxylic acids is 1. The minimum Gasteiger partial charge on any atom is -0.478 e. The van der Waals surface area contributed by atoms with Crippen molar-refractivity contribution >= 4 is 12.1 Å². The Balaban J connectivity index is 2.20. The summed E-state index contributed by atoms with van der Waals surface area (Å²) in [5.74, 6) is -1.04. The highest BCUT2D eigenvalue weighted by atomic mass is 16.6. The molecule has 1 saturated carbocycles. The molecule has 0 aromatic rings. The molecule has 5 heteroatoms. The van der Waals surface area contributed by atoms with Crippen LogP contribution in [0.1, 0.15) is 19.3 Å². The molecule has 0 aromatic carbocycles. The number of carboxylic acid groups (broad SMARTS) is 1. The van der Waals surface area contributed by atoms with Gasteiger partial charge in [0.25, 0.3) is 0 Å². The van der Waals surface area contributed by atoms with Crippen LogP contribution in [-0.2, 0) is 9.53 Å². The van der Waals surface area contributed by atoms with Gasteiger partial charge in [0.15, 0.2) is 0 Å². The molecular weight excluding hydrogens is 174 g/mol. The molecule has 1 amide bonds. The molecule has 1 heterocycles. The molecule has 0 aromatic heterocycles. The Morgan fingerprint density at radius 3 is 2.62 bits per heavy atom. The molecule has 1 unspecified atom stereocenters. The van der Waals surface area contributed by atoms with Crippen LogP contribution in [0, 0.1) is 5.92 Å². The zero-order valence-electron chi connectivity index (χ0n) is 7.08. The normalized spacial score (nSPS) is 33.4. The highest BCUT2D eigenvalue weighted by Crippen LogP contribution is 2.40. The van der Waals surface area contributed by atoms with Crippen molar-refractivity contribution in [3.63, 3.8) is 0 Å². The maximum absolute atomic E-state index is 11.0. The summed E-state index contributed by atoms with van der Waals surface area (Å²) in [6.07, 6.45) is 2.08. The average Bonchev–Trinajstić information content (AvgIpc) is 2.29. The van der Waals surface area contributed by atoms with E-state index in [0.717, 1.165) is 19.3 Å². The third kappa shape index (κ3) is 1.07. The SMILES string of the molecule is O=C1NCC(C(=O)O)(C2CCC2)O1. The van der Waals surface area contributed by atoms with Crippen LogP contribution in [0.5, 0.6) is 0 Å². The van der Waals surface area contributed by atoms with Crippen LogP contribution in [0.2, 0.25) is 0 Å². The van der Waals surface area contributed by atoms with Crippen molar-refractivity contribution in [1.29, 1.82) is 0 Å². The predicted octanol–water partition coefficient (Wildman–Crippen LogP) is 0.350. The van der Waals surface area contributed by atoms with Crippen LogP contribution < -0.4 is 5.32 Å². The van der Waals surface area contributed by atoms with Gasteiger partial charge in [-0.25, -0.2) is 9.59 Å². The van der Waals surface area contributed by atoms with Crippen LogP contribution in [0.4, 0.5) is 4.79 Å². The molecule has 2 N–H and O–H groups in total. The van der Waals surface area contributed by atoms with Gasteiger partial charge >= 0.3 is 12.1 Å². The maximum Gasteiger partial charge on any atom is 0.408 e. The van der Waals surface area contributed by atoms with Crippen LogP contribution in [-0.4, -0.2) is 29.3 Å². The molecule has 2 rings (SSSR count). The summed E-state index contributed by atoms with van der Waals surface area (Å²) >= 11 is 0. The lowest BCUT2D eigenvalue weighted by molar-refractivity contribution is -0.163. The minimum absolute atomic E-state index is 0.0102. The maximum atomic E-state index is 11.0. The van der Waals surface area contributed by atoms with Crippen LogP contribution in [0.25, 0.3) is 0 Å². The zero-order valence-corrected chi connectivity index (χ0v) is 7.08. The Bertz CT molecular complexity index is 261. The van der Waals surface area contributed by atoms with Crippen molar-refractivity contribution in [2.45, 2.75) is 24.9 Å². The van der Waals surface area contributed by atoms with Crippen molar-refractivity contribution in [2.75, 3.05) is 6.54 Å². The lowest BCUT2D eigenvalue weighted by Crippen LogP contribution is -2.51. The standard InChI is InChI=1S/C8H11NO4/c10-6(11)8(5-2-1-3-5)4-9-7(12)13-8/h5H,1-4H2,(H,9,12)(H,10,11). The number of ether oxygens (including phenoxy) is 1. The van der Waals surface area contributed by atoms with E-state index in [1.807, 2.05) is 0 Å². The van der Waals surface area contributed by atoms with Gasteiger partial charge in [0.1, 0.15) is 0 Å². The fourth-order valence-corrected chi connectivity index (χ4v) is 1.84. The molecule has 1 aliphatic carbocycles. The first kappa shape index (κ1) is 8.34. The van der Waals surface area contributed by atoms with Gasteiger partial charge in [-0.05, 0) is 12.8 Å². The first-order chi connectivity index (χ1) is 6.15. The molecule has 0 spiro atoms. The van der Waals surface area contributed by atoms with Crippen molar-refractivity contribution in [2.24, 2.45) is 5.92 Å². The number of hydrogen-bond donors (Lipinski definition) is 2. The van der Waals surface area contributed by atoms with E-state index in [9.17, 15) is 9.59 Å². The fourth-order valence-electron chi connectivity index (χ4n) is 1.84. The second kappa shape index (κ2) is 2.61. The number of hydrogen-bond acceptors (Lipinski definition) is 3. The Morgan fingerprint density at radius 2 is 2.31 bits per heavy atom. The topological polar surface area (TPSA) is 75.6 Å². The lowest BCUT2D eigenvalue weighted by atomic mass is 9.73. The van der Waals surface area contributed by atoms with Gasteiger partial charge in [-0.1, -0.05) is 6.42 Å². The summed E-state index contributed by atoms with van der Waals surface area (Å²) < 4.78 is 4.86. The molecule has 1 atom stereocenters. The van der Waals surface area contributed by atoms with Gasteiger partial charge in [0.05, 0.1) is 6.54 Å². The largest absolute Gasteiger partial charge is 0.478 e. The average molecular weight is 185 g/mol. The molecule has 1 aliphatic heterocycles. The molecule has 13 heavy (non-hydrogen) atoms. The van der Waals surface area contributed by atoms with Crippen LogP contribution >= 0.6 is 0 Å². The van der Waals surface area contributed by atoms with Gasteiger partial charge < -0.3 is 15.2 Å². The van der Waals surface area contributed by atoms with Crippen molar-refractivity contribution in [1.82, 2.24) is 5.32 Å². The van der Waals surface area contributed by atoms with E-state index in [1.54, 1.807) is 0 Å². The molecule has 72 valence electrons. The number of cyclic esters (lactones) is 1. The smallest absolute Gasteiger partial charge is 0.408 e. The monoisotopic (exact) mass is 185 g/mol. The number of alkyl carbamates (subject to hydrolysis) is 1. The summed E-state index contributed by atoms with van der Waals surface area (Å²) in [6.45, 7) is 0.103. The molecule has 0 bridgehead atoms. The summed E-state index contributed by atoms with van der Waals surface area (Å²) in [4.78, 5) is 21.8. The Labute approximate surface area is 75.1 Å². The van der Waals surface area contributed by atoms with Gasteiger partial charge in [-0.2, -0.15) is 0 Å². The summed E-state index contributed by atoms with van der Waals surface area (Å²) in [7, 11) is 0. The summed E-state index contributed by atoms with van der Waals surface area (Å²) in [5.41, 5.74) is -1.28. The minimum atomic E-state index is -1.28. The van der Waals surface area contributed by atoms with E-state index in [0.29, 0.717) is 0 Å². The molecule has 0 radical (unpaired) electrons. The zero-order chi connectivity index (χ0) is 9.47. The lowest BCUT2D eigenvalue weighted by Gasteiger charge is -2.36. The number of carbonyl (C=O) groups is 2. The number of carbonyl (C=O) groups excluding carboxylic acids is 1. The number of rotatable bonds is 2. The molecular formula is C8H11NO4.